The second-order valence-corrected chi connectivity index (χ2v) is 7.67. The molecule has 1 fully saturated rings. The fraction of sp³-hybridized carbons (Fsp3) is 0.421. The lowest BCUT2D eigenvalue weighted by atomic mass is 9.76. The molecule has 0 spiro atoms. The third-order valence-electron chi connectivity index (χ3n) is 5.06. The summed E-state index contributed by atoms with van der Waals surface area (Å²) in [6.45, 7) is 0. The number of nitrogens with one attached hydrogen (secondary N) is 1. The van der Waals surface area contributed by atoms with E-state index in [1.807, 2.05) is 0 Å². The predicted molar refractivity (Wildman–Crippen MR) is 102 cm³/mol. The largest absolute Gasteiger partial charge is 0.387 e. The summed E-state index contributed by atoms with van der Waals surface area (Å²) in [6, 6.07) is 3.11. The van der Waals surface area contributed by atoms with Gasteiger partial charge in [0.05, 0.1) is 16.7 Å². The number of aromatic nitrogens is 2. The molecule has 29 heavy (non-hydrogen) atoms. The Kier molecular flexibility index (Phi) is 6.65. The molecular formula is C19H18Cl2F3N3O2. The monoisotopic (exact) mass is 447 g/mol. The first kappa shape index (κ1) is 21.8. The highest BCUT2D eigenvalue weighted by Gasteiger charge is 2.43. The topological polar surface area (TPSA) is 75.1 Å². The summed E-state index contributed by atoms with van der Waals surface area (Å²) < 4.78 is 39.8. The first-order chi connectivity index (χ1) is 13.7. The standard InChI is InChI=1S/C19H18Cl2F3N3O2/c20-13-11(17(23)24)5-9-25-14(13)18(28)27-15(12-2-1-8-26-16(12)21)19(29)6-3-10(22)4-7-19/h1-2,5,8-10,15,17,29H,3-4,6-7H2,(H,27,28)/t10-,15?,19+. The number of carbonyl (C=O) groups is 1. The highest BCUT2D eigenvalue weighted by atomic mass is 35.5. The van der Waals surface area contributed by atoms with E-state index in [9.17, 15) is 23.1 Å². The van der Waals surface area contributed by atoms with Crippen LogP contribution in [0.15, 0.2) is 30.6 Å². The summed E-state index contributed by atoms with van der Waals surface area (Å²) in [4.78, 5) is 20.6. The van der Waals surface area contributed by atoms with Crippen LogP contribution in [0.1, 0.15) is 59.8 Å². The molecule has 0 bridgehead atoms. The number of hydrogen-bond donors (Lipinski definition) is 2. The summed E-state index contributed by atoms with van der Waals surface area (Å²) in [5, 5.41) is 13.4. The van der Waals surface area contributed by atoms with E-state index < -0.39 is 46.4 Å². The lowest BCUT2D eigenvalue weighted by molar-refractivity contribution is -0.0446. The fourth-order valence-corrected chi connectivity index (χ4v) is 3.98. The van der Waals surface area contributed by atoms with Gasteiger partial charge in [-0.15, -0.1) is 0 Å². The van der Waals surface area contributed by atoms with Gasteiger partial charge >= 0.3 is 0 Å². The van der Waals surface area contributed by atoms with E-state index in [1.54, 1.807) is 12.1 Å². The van der Waals surface area contributed by atoms with Gasteiger partial charge in [0.15, 0.2) is 0 Å². The molecule has 0 radical (unpaired) electrons. The van der Waals surface area contributed by atoms with Gasteiger partial charge in [-0.3, -0.25) is 4.79 Å². The summed E-state index contributed by atoms with van der Waals surface area (Å²) in [5.41, 5.74) is -2.11. The van der Waals surface area contributed by atoms with Crippen LogP contribution < -0.4 is 5.32 Å². The smallest absolute Gasteiger partial charge is 0.272 e. The number of nitrogens with zero attached hydrogens (tertiary/aromatic N) is 2. The van der Waals surface area contributed by atoms with Crippen LogP contribution in [0.25, 0.3) is 0 Å². The fourth-order valence-electron chi connectivity index (χ4n) is 3.47. The van der Waals surface area contributed by atoms with Crippen LogP contribution in [0.2, 0.25) is 10.2 Å². The van der Waals surface area contributed by atoms with Gasteiger partial charge in [0.2, 0.25) is 0 Å². The van der Waals surface area contributed by atoms with Crippen LogP contribution in [-0.2, 0) is 0 Å². The molecule has 1 aliphatic rings. The van der Waals surface area contributed by atoms with Crippen molar-refractivity contribution in [1.29, 1.82) is 0 Å². The molecule has 1 aliphatic carbocycles. The van der Waals surface area contributed by atoms with Gasteiger partial charge < -0.3 is 10.4 Å². The minimum absolute atomic E-state index is 0.0500. The molecule has 1 atom stereocenters. The molecule has 2 N–H and O–H groups in total. The Hall–Kier alpha value is -1.90. The second-order valence-electron chi connectivity index (χ2n) is 6.93. The van der Waals surface area contributed by atoms with Crippen molar-refractivity contribution in [2.45, 2.75) is 49.9 Å². The maximum absolute atomic E-state index is 13.6. The zero-order valence-electron chi connectivity index (χ0n) is 15.1. The summed E-state index contributed by atoms with van der Waals surface area (Å²) in [6.07, 6.45) is -1.07. The van der Waals surface area contributed by atoms with Crippen molar-refractivity contribution in [2.24, 2.45) is 0 Å². The molecule has 2 heterocycles. The Morgan fingerprint density at radius 1 is 1.17 bits per heavy atom. The third-order valence-corrected chi connectivity index (χ3v) is 5.77. The average molecular weight is 448 g/mol. The number of carbonyl (C=O) groups excluding carboxylic acids is 1. The van der Waals surface area contributed by atoms with Crippen molar-refractivity contribution in [3.05, 3.63) is 57.6 Å². The van der Waals surface area contributed by atoms with Crippen molar-refractivity contribution < 1.29 is 23.1 Å². The molecule has 1 unspecified atom stereocenters. The number of hydrogen-bond acceptors (Lipinski definition) is 4. The Morgan fingerprint density at radius 3 is 2.48 bits per heavy atom. The molecule has 1 amide bonds. The Morgan fingerprint density at radius 2 is 1.86 bits per heavy atom. The molecule has 2 aromatic rings. The summed E-state index contributed by atoms with van der Waals surface area (Å²) in [7, 11) is 0. The molecule has 10 heteroatoms. The Balaban J connectivity index is 1.97. The van der Waals surface area contributed by atoms with Crippen molar-refractivity contribution in [3.63, 3.8) is 0 Å². The number of amides is 1. The quantitative estimate of drug-likeness (QED) is 0.643. The van der Waals surface area contributed by atoms with E-state index >= 15 is 0 Å². The highest BCUT2D eigenvalue weighted by molar-refractivity contribution is 6.34. The lowest BCUT2D eigenvalue weighted by Gasteiger charge is -2.40. The van der Waals surface area contributed by atoms with E-state index in [0.717, 1.165) is 12.3 Å². The zero-order valence-corrected chi connectivity index (χ0v) is 16.6. The van der Waals surface area contributed by atoms with Crippen molar-refractivity contribution in [3.8, 4) is 0 Å². The minimum Gasteiger partial charge on any atom is -0.387 e. The lowest BCUT2D eigenvalue weighted by Crippen LogP contribution is -2.49. The zero-order chi connectivity index (χ0) is 21.2. The van der Waals surface area contributed by atoms with Crippen molar-refractivity contribution in [2.75, 3.05) is 0 Å². The van der Waals surface area contributed by atoms with Gasteiger partial charge in [-0.05, 0) is 37.8 Å². The normalized spacial score (nSPS) is 23.1. The van der Waals surface area contributed by atoms with E-state index in [0.29, 0.717) is 5.56 Å². The van der Waals surface area contributed by atoms with E-state index in [1.165, 1.54) is 6.20 Å². The number of alkyl halides is 3. The van der Waals surface area contributed by atoms with Crippen LogP contribution in [0.4, 0.5) is 13.2 Å². The van der Waals surface area contributed by atoms with Crippen LogP contribution in [-0.4, -0.2) is 32.8 Å². The second kappa shape index (κ2) is 8.85. The average Bonchev–Trinajstić information content (AvgIpc) is 2.69. The number of aliphatic hydroxyl groups is 1. The van der Waals surface area contributed by atoms with E-state index in [-0.39, 0.29) is 30.8 Å². The van der Waals surface area contributed by atoms with Crippen LogP contribution in [0.3, 0.4) is 0 Å². The maximum atomic E-state index is 13.6. The summed E-state index contributed by atoms with van der Waals surface area (Å²) >= 11 is 12.1. The van der Waals surface area contributed by atoms with Gasteiger partial charge in [0.25, 0.3) is 12.3 Å². The first-order valence-corrected chi connectivity index (χ1v) is 9.69. The van der Waals surface area contributed by atoms with Gasteiger partial charge in [-0.1, -0.05) is 29.3 Å². The van der Waals surface area contributed by atoms with Crippen LogP contribution >= 0.6 is 23.2 Å². The molecule has 0 aliphatic heterocycles. The molecular weight excluding hydrogens is 430 g/mol. The Bertz CT molecular complexity index is 893. The highest BCUT2D eigenvalue weighted by Crippen LogP contribution is 2.41. The summed E-state index contributed by atoms with van der Waals surface area (Å²) in [5.74, 6) is -0.863. The third kappa shape index (κ3) is 4.65. The van der Waals surface area contributed by atoms with Crippen molar-refractivity contribution >= 4 is 29.1 Å². The molecule has 156 valence electrons. The van der Waals surface area contributed by atoms with E-state index in [2.05, 4.69) is 15.3 Å². The number of rotatable bonds is 5. The van der Waals surface area contributed by atoms with Crippen LogP contribution in [0.5, 0.6) is 0 Å². The molecule has 0 saturated heterocycles. The Labute approximate surface area is 175 Å². The predicted octanol–water partition coefficient (Wildman–Crippen LogP) is 4.84. The SMILES string of the molecule is O=C(NC(c1cccnc1Cl)[C@]1(O)CC[C@@H](F)CC1)c1nccc(C(F)F)c1Cl. The number of pyridine rings is 2. The van der Waals surface area contributed by atoms with Crippen LogP contribution in [0, 0.1) is 0 Å². The van der Waals surface area contributed by atoms with Gasteiger partial charge in [0, 0.05) is 23.5 Å². The molecule has 2 aromatic heterocycles. The maximum Gasteiger partial charge on any atom is 0.272 e. The van der Waals surface area contributed by atoms with E-state index in [4.69, 9.17) is 23.2 Å². The minimum atomic E-state index is -2.88. The molecule has 0 aromatic carbocycles. The van der Waals surface area contributed by atoms with Gasteiger partial charge in [0.1, 0.15) is 17.0 Å². The molecule has 3 rings (SSSR count). The van der Waals surface area contributed by atoms with Gasteiger partial charge in [-0.25, -0.2) is 23.1 Å². The van der Waals surface area contributed by atoms with Crippen molar-refractivity contribution in [1.82, 2.24) is 15.3 Å². The molecule has 5 nitrogen and oxygen atoms in total. The van der Waals surface area contributed by atoms with Gasteiger partial charge in [-0.2, -0.15) is 0 Å². The number of halogens is 5. The first-order valence-electron chi connectivity index (χ1n) is 8.93. The molecule has 1 saturated carbocycles.